The Hall–Kier alpha value is -7.78. The first-order valence-corrected chi connectivity index (χ1v) is 28.7. The minimum atomic E-state index is -0.609. The van der Waals surface area contributed by atoms with Gasteiger partial charge in [0.25, 0.3) is 11.8 Å². The highest BCUT2D eigenvalue weighted by molar-refractivity contribution is 6.31. The number of halogens is 2. The molecule has 4 N–H and O–H groups in total. The van der Waals surface area contributed by atoms with Crippen LogP contribution in [-0.2, 0) is 45.3 Å². The molecule has 2 atom stereocenters. The van der Waals surface area contributed by atoms with Crippen LogP contribution < -0.4 is 31.1 Å². The predicted octanol–water partition coefficient (Wildman–Crippen LogP) is 9.67. The number of nitrogens with one attached hydrogen (secondary N) is 4. The Morgan fingerprint density at radius 1 is 0.560 bits per heavy atom. The number of carbonyl (C=O) groups excluding carboxylic acids is 6. The highest BCUT2D eigenvalue weighted by Gasteiger charge is 2.34. The van der Waals surface area contributed by atoms with Crippen molar-refractivity contribution in [1.29, 1.82) is 0 Å². The molecule has 0 radical (unpaired) electrons. The first kappa shape index (κ1) is 63.8. The van der Waals surface area contributed by atoms with E-state index in [4.69, 9.17) is 47.2 Å². The first-order valence-electron chi connectivity index (χ1n) is 28.0. The van der Waals surface area contributed by atoms with E-state index in [0.29, 0.717) is 83.0 Å². The third-order valence-electron chi connectivity index (χ3n) is 13.5. The van der Waals surface area contributed by atoms with Gasteiger partial charge in [-0.25, -0.2) is 19.0 Å². The van der Waals surface area contributed by atoms with Crippen molar-refractivity contribution in [2.75, 3.05) is 63.3 Å². The van der Waals surface area contributed by atoms with Crippen molar-refractivity contribution in [3.63, 3.8) is 0 Å². The van der Waals surface area contributed by atoms with Crippen molar-refractivity contribution in [1.82, 2.24) is 40.8 Å². The molecule has 0 spiro atoms. The van der Waals surface area contributed by atoms with E-state index in [1.807, 2.05) is 90.1 Å². The Labute approximate surface area is 500 Å². The smallest absolute Gasteiger partial charge is 0.407 e. The zero-order valence-electron chi connectivity index (χ0n) is 49.0. The van der Waals surface area contributed by atoms with E-state index >= 15 is 0 Å². The number of carbonyl (C=O) groups is 6. The number of nitrogens with zero attached hydrogens (tertiary/aromatic N) is 6. The molecule has 0 aliphatic carbocycles. The summed E-state index contributed by atoms with van der Waals surface area (Å²) in [5.41, 5.74) is 3.24. The van der Waals surface area contributed by atoms with E-state index in [9.17, 15) is 28.8 Å². The number of ketones is 2. The molecule has 2 aromatic heterocycles. The minimum Gasteiger partial charge on any atom is -0.444 e. The molecule has 0 saturated carbocycles. The van der Waals surface area contributed by atoms with Crippen LogP contribution in [0.4, 0.5) is 21.2 Å². The monoisotopic (exact) mass is 1190 g/mol. The molecule has 4 heterocycles. The number of rotatable bonds is 20. The number of anilines is 2. The second-order valence-corrected chi connectivity index (χ2v) is 23.3. The van der Waals surface area contributed by atoms with Crippen LogP contribution in [0.15, 0.2) is 109 Å². The fourth-order valence-corrected chi connectivity index (χ4v) is 10.3. The highest BCUT2D eigenvalue weighted by atomic mass is 35.5. The molecule has 0 bridgehead atoms. The number of alkyl carbamates (subject to hydrolysis) is 2. The van der Waals surface area contributed by atoms with Crippen LogP contribution in [0.5, 0.6) is 0 Å². The zero-order valence-corrected chi connectivity index (χ0v) is 50.5. The van der Waals surface area contributed by atoms with Crippen LogP contribution in [0.3, 0.4) is 0 Å². The molecule has 448 valence electrons. The summed E-state index contributed by atoms with van der Waals surface area (Å²) in [6, 6.07) is 32.2. The van der Waals surface area contributed by atoms with E-state index < -0.39 is 35.2 Å². The van der Waals surface area contributed by atoms with Crippen LogP contribution in [0.2, 0.25) is 10.0 Å². The Morgan fingerprint density at radius 2 is 1.00 bits per heavy atom. The lowest BCUT2D eigenvalue weighted by Gasteiger charge is -2.35. The molecule has 8 rings (SSSR count). The Kier molecular flexibility index (Phi) is 22.5. The van der Waals surface area contributed by atoms with E-state index in [-0.39, 0.29) is 61.6 Å². The van der Waals surface area contributed by atoms with E-state index in [0.717, 1.165) is 36.8 Å². The minimum absolute atomic E-state index is 0.0261. The number of methoxy groups -OCH3 is 2. The molecule has 6 aromatic rings. The van der Waals surface area contributed by atoms with Gasteiger partial charge in [0.1, 0.15) is 36.2 Å². The van der Waals surface area contributed by atoms with Crippen molar-refractivity contribution in [2.24, 2.45) is 0 Å². The topological polar surface area (TPSA) is 230 Å². The van der Waals surface area contributed by atoms with Crippen molar-refractivity contribution in [3.05, 3.63) is 164 Å². The summed E-state index contributed by atoms with van der Waals surface area (Å²) in [4.78, 5) is 81.9. The predicted molar refractivity (Wildman–Crippen MR) is 322 cm³/mol. The van der Waals surface area contributed by atoms with Gasteiger partial charge in [0.05, 0.1) is 13.1 Å². The third-order valence-corrected chi connectivity index (χ3v) is 14.3. The Morgan fingerprint density at radius 3 is 1.49 bits per heavy atom. The number of amides is 4. The molecular formula is C62H76Cl2N10O10. The maximum atomic E-state index is 13.7. The van der Waals surface area contributed by atoms with Gasteiger partial charge in [0, 0.05) is 97.6 Å². The van der Waals surface area contributed by atoms with Crippen LogP contribution in [-0.4, -0.2) is 132 Å². The van der Waals surface area contributed by atoms with Crippen LogP contribution in [0, 0.1) is 0 Å². The van der Waals surface area contributed by atoms with E-state index in [2.05, 4.69) is 36.2 Å². The molecule has 2 fully saturated rings. The maximum absolute atomic E-state index is 13.7. The second-order valence-electron chi connectivity index (χ2n) is 22.5. The zero-order chi connectivity index (χ0) is 60.6. The Balaban J connectivity index is 0.000000241. The van der Waals surface area contributed by atoms with E-state index in [1.165, 1.54) is 11.8 Å². The van der Waals surface area contributed by atoms with Gasteiger partial charge >= 0.3 is 12.2 Å². The van der Waals surface area contributed by atoms with Gasteiger partial charge in [-0.2, -0.15) is 10.2 Å². The van der Waals surface area contributed by atoms with Gasteiger partial charge in [-0.05, 0) is 90.5 Å². The summed E-state index contributed by atoms with van der Waals surface area (Å²) in [5, 5.41) is 22.1. The number of hydrogen-bond acceptors (Lipinski definition) is 14. The van der Waals surface area contributed by atoms with E-state index in [1.54, 1.807) is 72.5 Å². The van der Waals surface area contributed by atoms with Gasteiger partial charge in [-0.1, -0.05) is 120 Å². The number of hydrogen-bond donors (Lipinski definition) is 4. The Bertz CT molecular complexity index is 3190. The first-order chi connectivity index (χ1) is 40.1. The van der Waals surface area contributed by atoms with Crippen molar-refractivity contribution < 1.29 is 47.7 Å². The summed E-state index contributed by atoms with van der Waals surface area (Å²) in [7, 11) is 3.08. The summed E-state index contributed by atoms with van der Waals surface area (Å²) >= 11 is 13.1. The summed E-state index contributed by atoms with van der Waals surface area (Å²) in [6.45, 7) is 13.0. The lowest BCUT2D eigenvalue weighted by Crippen LogP contribution is -2.49. The van der Waals surface area contributed by atoms with Crippen LogP contribution in [0.25, 0.3) is 0 Å². The van der Waals surface area contributed by atoms with Crippen LogP contribution >= 0.6 is 23.2 Å². The van der Waals surface area contributed by atoms with Gasteiger partial charge in [0.15, 0.2) is 23.1 Å². The molecule has 84 heavy (non-hydrogen) atoms. The quantitative estimate of drug-likeness (QED) is 0.0522. The third kappa shape index (κ3) is 18.1. The molecule has 4 amide bonds. The van der Waals surface area contributed by atoms with Crippen molar-refractivity contribution in [2.45, 2.75) is 117 Å². The average molecular weight is 1190 g/mol. The molecule has 22 heteroatoms. The molecular weight excluding hydrogens is 1120 g/mol. The molecule has 2 saturated heterocycles. The maximum Gasteiger partial charge on any atom is 0.407 e. The lowest BCUT2D eigenvalue weighted by atomic mass is 10.0. The molecule has 0 unspecified atom stereocenters. The van der Waals surface area contributed by atoms with Crippen LogP contribution in [0.1, 0.15) is 131 Å². The highest BCUT2D eigenvalue weighted by Crippen LogP contribution is 2.33. The molecule has 4 aromatic carbocycles. The summed E-state index contributed by atoms with van der Waals surface area (Å²) in [5.74, 6) is -0.0356. The SMILES string of the molecule is COCn1nc(C(=O)NCC(=O)c2ccccc2)c(Cc2ccccc2Cl)c1N1CCC[C@@H](NC(=O)OC(C)(C)C)C1.COCn1nc(N2CCC[C@@H](NC(=O)OC(C)(C)C)C2)c(Cc2ccccc2Cl)c1C(=O)NCC(=O)c1ccccc1. The fraction of sp³-hybridized carbons (Fsp3) is 0.419. The lowest BCUT2D eigenvalue weighted by molar-refractivity contribution is 0.0487. The number of aromatic nitrogens is 4. The standard InChI is InChI=1S/2C31H38ClN5O5/c1-31(2,3)42-30(40)34-23-14-10-16-36(19-23)29-24(17-22-13-8-9-15-25(22)32)27(35-37(29)20-41-4)28(39)33-18-26(38)21-11-6-5-7-12-21;1-31(2,3)42-30(40)34-23-14-10-16-36(19-23)28-24(17-22-13-8-9-15-25(22)32)27(37(35-28)20-41-4)29(39)33-18-26(38)21-11-6-5-7-12-21/h2*5-9,11-13,15,23H,10,14,16-20H2,1-4H3,(H,33,39)(H,34,40)/t2*23-/m11/s1. The molecule has 20 nitrogen and oxygen atoms in total. The van der Waals surface area contributed by atoms with Gasteiger partial charge < -0.3 is 50.0 Å². The van der Waals surface area contributed by atoms with Crippen molar-refractivity contribution >= 4 is 70.4 Å². The fourth-order valence-electron chi connectivity index (χ4n) is 9.90. The van der Waals surface area contributed by atoms with Gasteiger partial charge in [-0.3, -0.25) is 19.2 Å². The normalized spacial score (nSPS) is 15.3. The van der Waals surface area contributed by atoms with Gasteiger partial charge in [0.2, 0.25) is 0 Å². The summed E-state index contributed by atoms with van der Waals surface area (Å²) < 4.78 is 24.9. The molecule has 2 aliphatic rings. The van der Waals surface area contributed by atoms with Gasteiger partial charge in [-0.15, -0.1) is 0 Å². The number of benzene rings is 4. The summed E-state index contributed by atoms with van der Waals surface area (Å²) in [6.07, 6.45) is 2.88. The number of ether oxygens (including phenoxy) is 4. The van der Waals surface area contributed by atoms with Crippen molar-refractivity contribution in [3.8, 4) is 0 Å². The number of Topliss-reactive ketones (excluding diaryl/α,β-unsaturated/α-hetero) is 2. The second kappa shape index (κ2) is 29.6. The largest absolute Gasteiger partial charge is 0.444 e. The average Bonchev–Trinajstić information content (AvgIpc) is 3.93. The number of piperidine rings is 2. The molecule has 2 aliphatic heterocycles.